The van der Waals surface area contributed by atoms with Crippen molar-refractivity contribution in [1.29, 1.82) is 0 Å². The average molecular weight is 324 g/mol. The van der Waals surface area contributed by atoms with Crippen LogP contribution in [0.4, 0.5) is 0 Å². The summed E-state index contributed by atoms with van der Waals surface area (Å²) >= 11 is 1.49. The van der Waals surface area contributed by atoms with Gasteiger partial charge in [0.15, 0.2) is 0 Å². The molecule has 0 radical (unpaired) electrons. The lowest BCUT2D eigenvalue weighted by Gasteiger charge is -2.23. The Morgan fingerprint density at radius 1 is 1.50 bits per heavy atom. The Labute approximate surface area is 123 Å². The van der Waals surface area contributed by atoms with E-state index >= 15 is 0 Å². The number of aliphatic carboxylic acids is 1. The van der Waals surface area contributed by atoms with Gasteiger partial charge in [-0.2, -0.15) is 16.1 Å². The Morgan fingerprint density at radius 3 is 2.65 bits per heavy atom. The van der Waals surface area contributed by atoms with Crippen LogP contribution in [0.5, 0.6) is 0 Å². The molecule has 1 amide bonds. The summed E-state index contributed by atoms with van der Waals surface area (Å²) < 4.78 is 24.3. The van der Waals surface area contributed by atoms with Gasteiger partial charge in [0.1, 0.15) is 12.1 Å². The number of carboxylic acids is 1. The van der Waals surface area contributed by atoms with E-state index in [4.69, 9.17) is 5.11 Å². The average Bonchev–Trinajstić information content (AvgIpc) is 2.82. The molecule has 0 aliphatic carbocycles. The lowest BCUT2D eigenvalue weighted by molar-refractivity contribution is -0.142. The van der Waals surface area contributed by atoms with Crippen LogP contribution in [0.15, 0.2) is 0 Å². The van der Waals surface area contributed by atoms with Crippen LogP contribution >= 0.6 is 11.8 Å². The van der Waals surface area contributed by atoms with Crippen LogP contribution < -0.4 is 5.32 Å². The van der Waals surface area contributed by atoms with E-state index in [1.807, 2.05) is 6.26 Å². The van der Waals surface area contributed by atoms with Crippen LogP contribution in [0, 0.1) is 0 Å². The number of thioether (sulfide) groups is 1. The van der Waals surface area contributed by atoms with Crippen molar-refractivity contribution < 1.29 is 23.1 Å². The summed E-state index contributed by atoms with van der Waals surface area (Å²) in [6.07, 6.45) is 4.25. The highest BCUT2D eigenvalue weighted by Crippen LogP contribution is 2.20. The summed E-state index contributed by atoms with van der Waals surface area (Å²) in [7, 11) is -3.45. The number of hydrogen-bond donors (Lipinski definition) is 2. The van der Waals surface area contributed by atoms with E-state index in [9.17, 15) is 18.0 Å². The van der Waals surface area contributed by atoms with Gasteiger partial charge in [-0.15, -0.1) is 0 Å². The number of carboxylic acid groups (broad SMARTS) is 1. The molecule has 1 rings (SSSR count). The zero-order valence-electron chi connectivity index (χ0n) is 11.5. The molecule has 1 heterocycles. The van der Waals surface area contributed by atoms with E-state index in [0.29, 0.717) is 31.6 Å². The van der Waals surface area contributed by atoms with Gasteiger partial charge in [-0.3, -0.25) is 4.79 Å². The maximum absolute atomic E-state index is 12.1. The summed E-state index contributed by atoms with van der Waals surface area (Å²) in [6.45, 7) is 0.305. The summed E-state index contributed by atoms with van der Waals surface area (Å²) in [5, 5.41) is 11.5. The third-order valence-electron chi connectivity index (χ3n) is 3.16. The van der Waals surface area contributed by atoms with Crippen LogP contribution in [0.1, 0.15) is 19.3 Å². The number of carbonyl (C=O) groups excluding carboxylic acids is 1. The predicted molar refractivity (Wildman–Crippen MR) is 77.1 cm³/mol. The van der Waals surface area contributed by atoms with E-state index in [-0.39, 0.29) is 0 Å². The van der Waals surface area contributed by atoms with E-state index in [2.05, 4.69) is 5.32 Å². The van der Waals surface area contributed by atoms with Gasteiger partial charge in [-0.05, 0) is 31.3 Å². The van der Waals surface area contributed by atoms with Gasteiger partial charge in [0.05, 0.1) is 6.26 Å². The minimum absolute atomic E-state index is 0.305. The van der Waals surface area contributed by atoms with Crippen molar-refractivity contribution in [2.24, 2.45) is 0 Å². The molecular formula is C11H20N2O5S2. The first-order valence-electron chi connectivity index (χ1n) is 6.26. The molecule has 1 aliphatic heterocycles. The van der Waals surface area contributed by atoms with Crippen molar-refractivity contribution in [3.63, 3.8) is 0 Å². The monoisotopic (exact) mass is 324 g/mol. The zero-order valence-corrected chi connectivity index (χ0v) is 13.2. The molecule has 9 heteroatoms. The molecule has 20 heavy (non-hydrogen) atoms. The number of sulfonamides is 1. The van der Waals surface area contributed by atoms with E-state index in [1.165, 1.54) is 11.8 Å². The molecule has 0 spiro atoms. The van der Waals surface area contributed by atoms with E-state index in [0.717, 1.165) is 10.6 Å². The van der Waals surface area contributed by atoms with Gasteiger partial charge in [0.25, 0.3) is 0 Å². The fourth-order valence-electron chi connectivity index (χ4n) is 2.16. The Hall–Kier alpha value is -0.800. The molecule has 1 saturated heterocycles. The van der Waals surface area contributed by atoms with Crippen molar-refractivity contribution in [2.45, 2.75) is 31.3 Å². The first-order valence-corrected chi connectivity index (χ1v) is 9.50. The molecule has 2 N–H and O–H groups in total. The van der Waals surface area contributed by atoms with Gasteiger partial charge >= 0.3 is 5.97 Å². The van der Waals surface area contributed by atoms with Crippen LogP contribution in [0.25, 0.3) is 0 Å². The zero-order chi connectivity index (χ0) is 15.3. The third kappa shape index (κ3) is 4.64. The van der Waals surface area contributed by atoms with Gasteiger partial charge in [-0.25, -0.2) is 13.2 Å². The minimum Gasteiger partial charge on any atom is -0.480 e. The summed E-state index contributed by atoms with van der Waals surface area (Å²) in [4.78, 5) is 23.2. The summed E-state index contributed by atoms with van der Waals surface area (Å²) in [6, 6.07) is -1.77. The molecule has 1 aliphatic rings. The Bertz CT molecular complexity index is 465. The molecule has 0 bridgehead atoms. The quantitative estimate of drug-likeness (QED) is 0.668. The van der Waals surface area contributed by atoms with E-state index in [1.54, 1.807) is 0 Å². The standard InChI is InChI=1S/C11H20N2O5S2/c1-19-7-5-8(11(15)16)12-10(14)9-4-3-6-13(9)20(2,17)18/h8-9H,3-7H2,1-2H3,(H,12,14)(H,15,16)/t8-,9?/m0/s1. The van der Waals surface area contributed by atoms with Crippen molar-refractivity contribution in [1.82, 2.24) is 9.62 Å². The molecule has 0 saturated carbocycles. The normalized spacial score (nSPS) is 21.6. The van der Waals surface area contributed by atoms with E-state index < -0.39 is 34.0 Å². The third-order valence-corrected chi connectivity index (χ3v) is 5.09. The topological polar surface area (TPSA) is 104 Å². The van der Waals surface area contributed by atoms with Crippen LogP contribution in [0.3, 0.4) is 0 Å². The van der Waals surface area contributed by atoms with Crippen LogP contribution in [-0.4, -0.2) is 66.6 Å². The Kier molecular flexibility index (Phi) is 6.28. The van der Waals surface area contributed by atoms with Gasteiger partial charge < -0.3 is 10.4 Å². The first kappa shape index (κ1) is 17.3. The maximum Gasteiger partial charge on any atom is 0.326 e. The number of nitrogens with one attached hydrogen (secondary N) is 1. The molecule has 0 aromatic rings. The number of hydrogen-bond acceptors (Lipinski definition) is 5. The Balaban J connectivity index is 2.71. The highest BCUT2D eigenvalue weighted by molar-refractivity contribution is 7.98. The number of amides is 1. The predicted octanol–water partition coefficient (Wildman–Crippen LogP) is -0.267. The highest BCUT2D eigenvalue weighted by atomic mass is 32.2. The molecule has 7 nitrogen and oxygen atoms in total. The molecule has 1 fully saturated rings. The number of carbonyl (C=O) groups is 2. The van der Waals surface area contributed by atoms with Crippen LogP contribution in [0.2, 0.25) is 0 Å². The smallest absolute Gasteiger partial charge is 0.326 e. The van der Waals surface area contributed by atoms with Crippen molar-refractivity contribution in [2.75, 3.05) is 24.8 Å². The van der Waals surface area contributed by atoms with Crippen molar-refractivity contribution >= 4 is 33.7 Å². The van der Waals surface area contributed by atoms with Crippen molar-refractivity contribution in [3.05, 3.63) is 0 Å². The maximum atomic E-state index is 12.1. The molecule has 0 aromatic heterocycles. The van der Waals surface area contributed by atoms with Gasteiger partial charge in [0, 0.05) is 6.54 Å². The second kappa shape index (κ2) is 7.28. The lowest BCUT2D eigenvalue weighted by atomic mass is 10.1. The summed E-state index contributed by atoms with van der Waals surface area (Å²) in [5.74, 6) is -1.02. The second-order valence-electron chi connectivity index (χ2n) is 4.71. The fourth-order valence-corrected chi connectivity index (χ4v) is 3.76. The number of nitrogens with zero attached hydrogens (tertiary/aromatic N) is 1. The van der Waals surface area contributed by atoms with Crippen LogP contribution in [-0.2, 0) is 19.6 Å². The van der Waals surface area contributed by atoms with Gasteiger partial charge in [0.2, 0.25) is 15.9 Å². The molecular weight excluding hydrogens is 304 g/mol. The minimum atomic E-state index is -3.45. The SMILES string of the molecule is CSCC[C@H](NC(=O)C1CCCN1S(C)(=O)=O)C(=O)O. The molecule has 116 valence electrons. The fraction of sp³-hybridized carbons (Fsp3) is 0.818. The molecule has 2 atom stereocenters. The second-order valence-corrected chi connectivity index (χ2v) is 7.63. The first-order chi connectivity index (χ1) is 9.27. The Morgan fingerprint density at radius 2 is 2.15 bits per heavy atom. The van der Waals surface area contributed by atoms with Gasteiger partial charge in [-0.1, -0.05) is 0 Å². The lowest BCUT2D eigenvalue weighted by Crippen LogP contribution is -2.50. The molecule has 0 aromatic carbocycles. The van der Waals surface area contributed by atoms with Crippen molar-refractivity contribution in [3.8, 4) is 0 Å². The number of rotatable bonds is 7. The summed E-state index contributed by atoms with van der Waals surface area (Å²) in [5.41, 5.74) is 0. The highest BCUT2D eigenvalue weighted by Gasteiger charge is 2.37. The molecule has 1 unspecified atom stereocenters. The largest absolute Gasteiger partial charge is 0.480 e.